The summed E-state index contributed by atoms with van der Waals surface area (Å²) in [6.45, 7) is 8.39. The van der Waals surface area contributed by atoms with E-state index in [1.165, 1.54) is 28.0 Å². The average Bonchev–Trinajstić information content (AvgIpc) is 3.23. The van der Waals surface area contributed by atoms with Crippen molar-refractivity contribution < 1.29 is 14.3 Å². The number of hydrogen-bond donors (Lipinski definition) is 1. The first-order chi connectivity index (χ1) is 13.4. The number of fused-ring (bicyclic) bond motifs is 1. The first-order valence-corrected chi connectivity index (χ1v) is 11.3. The summed E-state index contributed by atoms with van der Waals surface area (Å²) >= 11 is 2.84. The van der Waals surface area contributed by atoms with E-state index in [1.54, 1.807) is 13.3 Å². The van der Waals surface area contributed by atoms with Crippen LogP contribution in [0.15, 0.2) is 11.5 Å². The van der Waals surface area contributed by atoms with Crippen LogP contribution in [0.4, 0.5) is 5.00 Å². The van der Waals surface area contributed by atoms with Gasteiger partial charge in [-0.15, -0.1) is 21.5 Å². The molecular formula is C19H26N4O3S2. The molecule has 1 atom stereocenters. The fraction of sp³-hybridized carbons (Fsp3) is 0.579. The van der Waals surface area contributed by atoms with E-state index in [9.17, 15) is 9.59 Å². The largest absolute Gasteiger partial charge is 0.462 e. The molecule has 0 unspecified atom stereocenters. The van der Waals surface area contributed by atoms with Crippen LogP contribution in [-0.4, -0.2) is 39.0 Å². The van der Waals surface area contributed by atoms with Crippen molar-refractivity contribution in [3.63, 3.8) is 0 Å². The van der Waals surface area contributed by atoms with Gasteiger partial charge in [0.25, 0.3) is 0 Å². The summed E-state index contributed by atoms with van der Waals surface area (Å²) in [5.41, 5.74) is 1.58. The summed E-state index contributed by atoms with van der Waals surface area (Å²) in [4.78, 5) is 26.3. The quantitative estimate of drug-likeness (QED) is 0.537. The number of nitrogens with one attached hydrogen (secondary N) is 1. The van der Waals surface area contributed by atoms with Crippen LogP contribution in [0.2, 0.25) is 0 Å². The molecule has 7 nitrogen and oxygen atoms in total. The van der Waals surface area contributed by atoms with E-state index < -0.39 is 0 Å². The van der Waals surface area contributed by atoms with Crippen LogP contribution in [0.3, 0.4) is 0 Å². The summed E-state index contributed by atoms with van der Waals surface area (Å²) in [5.74, 6) is 0.271. The predicted molar refractivity (Wildman–Crippen MR) is 111 cm³/mol. The molecule has 9 heteroatoms. The highest BCUT2D eigenvalue weighted by molar-refractivity contribution is 7.99. The first-order valence-electron chi connectivity index (χ1n) is 9.54. The fourth-order valence-corrected chi connectivity index (χ4v) is 5.50. The number of anilines is 1. The number of thioether (sulfide) groups is 1. The van der Waals surface area contributed by atoms with Crippen molar-refractivity contribution in [1.82, 2.24) is 14.8 Å². The molecule has 0 aromatic carbocycles. The van der Waals surface area contributed by atoms with Crippen LogP contribution in [0.25, 0.3) is 0 Å². The lowest BCUT2D eigenvalue weighted by molar-refractivity contribution is -0.113. The standard InChI is InChI=1S/C19H26N4O3S2/c1-5-26-18(25)16-13-7-6-12(4)8-14(13)28-17(16)21-15(24)9-27-19-22-20-10-23(19)11(2)3/h10-12H,5-9H2,1-4H3,(H,21,24)/t12-/m0/s1. The number of ether oxygens (including phenoxy) is 1. The number of aromatic nitrogens is 3. The molecule has 1 aliphatic carbocycles. The normalized spacial score (nSPS) is 16.1. The van der Waals surface area contributed by atoms with Crippen molar-refractivity contribution in [3.05, 3.63) is 22.3 Å². The maximum absolute atomic E-state index is 12.6. The van der Waals surface area contributed by atoms with E-state index in [0.717, 1.165) is 24.8 Å². The molecule has 28 heavy (non-hydrogen) atoms. The second-order valence-electron chi connectivity index (χ2n) is 7.23. The van der Waals surface area contributed by atoms with Gasteiger partial charge in [0.15, 0.2) is 5.16 Å². The van der Waals surface area contributed by atoms with Gasteiger partial charge in [-0.05, 0) is 51.5 Å². The van der Waals surface area contributed by atoms with Crippen LogP contribution in [0.5, 0.6) is 0 Å². The molecule has 2 heterocycles. The van der Waals surface area contributed by atoms with Gasteiger partial charge in [0, 0.05) is 10.9 Å². The van der Waals surface area contributed by atoms with Crippen LogP contribution < -0.4 is 5.32 Å². The predicted octanol–water partition coefficient (Wildman–Crippen LogP) is 3.95. The molecule has 152 valence electrons. The molecule has 0 saturated heterocycles. The molecule has 1 amide bonds. The number of nitrogens with zero attached hydrogens (tertiary/aromatic N) is 3. The Hall–Kier alpha value is -1.87. The SMILES string of the molecule is CCOC(=O)c1c(NC(=O)CSc2nncn2C(C)C)sc2c1CC[C@H](C)C2. The topological polar surface area (TPSA) is 86.1 Å². The maximum atomic E-state index is 12.6. The van der Waals surface area contributed by atoms with Crippen molar-refractivity contribution in [2.24, 2.45) is 5.92 Å². The zero-order valence-electron chi connectivity index (χ0n) is 16.7. The Morgan fingerprint density at radius 1 is 1.46 bits per heavy atom. The molecule has 1 aliphatic rings. The zero-order chi connectivity index (χ0) is 20.3. The number of esters is 1. The number of hydrogen-bond acceptors (Lipinski definition) is 7. The minimum atomic E-state index is -0.350. The van der Waals surface area contributed by atoms with E-state index in [-0.39, 0.29) is 23.7 Å². The smallest absolute Gasteiger partial charge is 0.341 e. The minimum absolute atomic E-state index is 0.166. The lowest BCUT2D eigenvalue weighted by Crippen LogP contribution is -2.18. The number of carbonyl (C=O) groups is 2. The Morgan fingerprint density at radius 2 is 2.25 bits per heavy atom. The highest BCUT2D eigenvalue weighted by atomic mass is 32.2. The van der Waals surface area contributed by atoms with E-state index in [1.807, 2.05) is 18.4 Å². The Morgan fingerprint density at radius 3 is 2.96 bits per heavy atom. The minimum Gasteiger partial charge on any atom is -0.462 e. The molecule has 0 fully saturated rings. The summed E-state index contributed by atoms with van der Waals surface area (Å²) in [7, 11) is 0. The highest BCUT2D eigenvalue weighted by Crippen LogP contribution is 2.40. The van der Waals surface area contributed by atoms with Crippen LogP contribution in [0, 0.1) is 5.92 Å². The van der Waals surface area contributed by atoms with Gasteiger partial charge in [-0.3, -0.25) is 4.79 Å². The molecule has 0 aliphatic heterocycles. The maximum Gasteiger partial charge on any atom is 0.341 e. The van der Waals surface area contributed by atoms with E-state index >= 15 is 0 Å². The lowest BCUT2D eigenvalue weighted by atomic mass is 9.88. The number of carbonyl (C=O) groups excluding carboxylic acids is 2. The van der Waals surface area contributed by atoms with Crippen molar-refractivity contribution in [2.75, 3.05) is 17.7 Å². The summed E-state index contributed by atoms with van der Waals surface area (Å²) in [5, 5.41) is 12.2. The van der Waals surface area contributed by atoms with Crippen LogP contribution >= 0.6 is 23.1 Å². The van der Waals surface area contributed by atoms with Crippen molar-refractivity contribution in [1.29, 1.82) is 0 Å². The molecule has 0 radical (unpaired) electrons. The van der Waals surface area contributed by atoms with Gasteiger partial charge >= 0.3 is 5.97 Å². The molecule has 1 N–H and O–H groups in total. The Labute approximate surface area is 173 Å². The van der Waals surface area contributed by atoms with Gasteiger partial charge < -0.3 is 14.6 Å². The molecule has 0 bridgehead atoms. The van der Waals surface area contributed by atoms with Crippen molar-refractivity contribution in [3.8, 4) is 0 Å². The summed E-state index contributed by atoms with van der Waals surface area (Å²) in [6.07, 6.45) is 4.50. The van der Waals surface area contributed by atoms with Gasteiger partial charge in [0.2, 0.25) is 5.91 Å². The molecule has 0 saturated carbocycles. The average molecular weight is 423 g/mol. The molecular weight excluding hydrogens is 396 g/mol. The zero-order valence-corrected chi connectivity index (χ0v) is 18.3. The Balaban J connectivity index is 1.74. The third-order valence-electron chi connectivity index (χ3n) is 4.67. The van der Waals surface area contributed by atoms with Crippen molar-refractivity contribution in [2.45, 2.75) is 58.2 Å². The third-order valence-corrected chi connectivity index (χ3v) is 6.80. The van der Waals surface area contributed by atoms with Crippen LogP contribution in [-0.2, 0) is 22.4 Å². The van der Waals surface area contributed by atoms with Gasteiger partial charge in [0.1, 0.15) is 11.3 Å². The highest BCUT2D eigenvalue weighted by Gasteiger charge is 2.29. The van der Waals surface area contributed by atoms with Gasteiger partial charge in [0.05, 0.1) is 17.9 Å². The van der Waals surface area contributed by atoms with Crippen LogP contribution in [0.1, 0.15) is 61.0 Å². The monoisotopic (exact) mass is 422 g/mol. The van der Waals surface area contributed by atoms with E-state index in [4.69, 9.17) is 4.74 Å². The van der Waals surface area contributed by atoms with E-state index in [2.05, 4.69) is 22.4 Å². The lowest BCUT2D eigenvalue weighted by Gasteiger charge is -2.18. The van der Waals surface area contributed by atoms with Gasteiger partial charge in [-0.25, -0.2) is 4.79 Å². The van der Waals surface area contributed by atoms with Crippen molar-refractivity contribution >= 4 is 40.0 Å². The first kappa shape index (κ1) is 20.9. The Bertz CT molecular complexity index is 859. The third kappa shape index (κ3) is 4.57. The molecule has 2 aromatic heterocycles. The van der Waals surface area contributed by atoms with Gasteiger partial charge in [-0.1, -0.05) is 18.7 Å². The summed E-state index contributed by atoms with van der Waals surface area (Å²) < 4.78 is 7.18. The number of rotatable bonds is 7. The second kappa shape index (κ2) is 9.09. The molecule has 2 aromatic rings. The fourth-order valence-electron chi connectivity index (χ4n) is 3.24. The second-order valence-corrected chi connectivity index (χ2v) is 9.28. The Kier molecular flexibility index (Phi) is 6.77. The summed E-state index contributed by atoms with van der Waals surface area (Å²) in [6, 6.07) is 0.224. The molecule has 0 spiro atoms. The number of thiophene rings is 1. The van der Waals surface area contributed by atoms with E-state index in [0.29, 0.717) is 28.2 Å². The number of amides is 1. The van der Waals surface area contributed by atoms with Gasteiger partial charge in [-0.2, -0.15) is 0 Å². The molecule has 3 rings (SSSR count).